The normalized spacial score (nSPS) is 10.2. The smallest absolute Gasteiger partial charge is 0.338 e. The van der Waals surface area contributed by atoms with Gasteiger partial charge in [-0.3, -0.25) is 9.78 Å². The zero-order chi connectivity index (χ0) is 13.8. The Bertz CT molecular complexity index is 596. The van der Waals surface area contributed by atoms with Gasteiger partial charge < -0.3 is 10.0 Å². The van der Waals surface area contributed by atoms with Crippen LogP contribution in [-0.4, -0.2) is 33.9 Å². The van der Waals surface area contributed by atoms with Crippen LogP contribution in [0.2, 0.25) is 0 Å². The summed E-state index contributed by atoms with van der Waals surface area (Å²) >= 11 is 1.54. The Kier molecular flexibility index (Phi) is 3.91. The van der Waals surface area contributed by atoms with Crippen molar-refractivity contribution in [2.24, 2.45) is 0 Å². The number of hydrogen-bond acceptors (Lipinski definition) is 4. The lowest BCUT2D eigenvalue weighted by atomic mass is 10.2. The monoisotopic (exact) mass is 276 g/mol. The molecule has 2 aromatic rings. The number of carbonyl (C=O) groups is 2. The number of rotatable bonds is 4. The summed E-state index contributed by atoms with van der Waals surface area (Å²) in [5, 5.41) is 11.0. The Morgan fingerprint density at radius 3 is 2.79 bits per heavy atom. The molecular weight excluding hydrogens is 264 g/mol. The van der Waals surface area contributed by atoms with Crippen LogP contribution in [0.4, 0.5) is 0 Å². The molecule has 0 aliphatic carbocycles. The van der Waals surface area contributed by atoms with Crippen molar-refractivity contribution in [1.29, 1.82) is 0 Å². The number of carboxylic acid groups (broad SMARTS) is 1. The molecule has 1 N–H and O–H groups in total. The zero-order valence-corrected chi connectivity index (χ0v) is 11.1. The first-order valence-corrected chi connectivity index (χ1v) is 6.43. The summed E-state index contributed by atoms with van der Waals surface area (Å²) < 4.78 is 0. The van der Waals surface area contributed by atoms with E-state index < -0.39 is 11.9 Å². The number of nitrogens with zero attached hydrogens (tertiary/aromatic N) is 2. The SMILES string of the molecule is CN(Cc1cccs1)C(=O)c1ncccc1C(=O)O. The highest BCUT2D eigenvalue weighted by atomic mass is 32.1. The molecule has 98 valence electrons. The van der Waals surface area contributed by atoms with Crippen LogP contribution in [0.1, 0.15) is 25.7 Å². The van der Waals surface area contributed by atoms with E-state index in [2.05, 4.69) is 4.98 Å². The highest BCUT2D eigenvalue weighted by Gasteiger charge is 2.20. The van der Waals surface area contributed by atoms with Crippen molar-refractivity contribution in [2.45, 2.75) is 6.54 Å². The van der Waals surface area contributed by atoms with E-state index in [4.69, 9.17) is 5.11 Å². The molecule has 0 aliphatic rings. The number of amides is 1. The Morgan fingerprint density at radius 2 is 2.16 bits per heavy atom. The molecule has 0 bridgehead atoms. The molecule has 0 unspecified atom stereocenters. The predicted molar refractivity (Wildman–Crippen MR) is 71.3 cm³/mol. The van der Waals surface area contributed by atoms with Gasteiger partial charge in [-0.05, 0) is 23.6 Å². The summed E-state index contributed by atoms with van der Waals surface area (Å²) in [6.45, 7) is 0.437. The molecule has 0 atom stereocenters. The van der Waals surface area contributed by atoms with E-state index in [1.54, 1.807) is 18.4 Å². The van der Waals surface area contributed by atoms with Crippen molar-refractivity contribution in [3.63, 3.8) is 0 Å². The van der Waals surface area contributed by atoms with Gasteiger partial charge in [0.25, 0.3) is 5.91 Å². The molecule has 0 fully saturated rings. The maximum atomic E-state index is 12.2. The van der Waals surface area contributed by atoms with Crippen LogP contribution in [0.5, 0.6) is 0 Å². The van der Waals surface area contributed by atoms with Gasteiger partial charge in [0.2, 0.25) is 0 Å². The van der Waals surface area contributed by atoms with Crippen molar-refractivity contribution in [3.8, 4) is 0 Å². The molecule has 0 radical (unpaired) electrons. The van der Waals surface area contributed by atoms with Crippen molar-refractivity contribution in [1.82, 2.24) is 9.88 Å². The molecule has 0 saturated carbocycles. The molecule has 2 heterocycles. The maximum Gasteiger partial charge on any atom is 0.338 e. The largest absolute Gasteiger partial charge is 0.478 e. The standard InChI is InChI=1S/C13H12N2O3S/c1-15(8-9-4-3-7-19-9)12(16)11-10(13(17)18)5-2-6-14-11/h2-7H,8H2,1H3,(H,17,18). The molecule has 0 aliphatic heterocycles. The van der Waals surface area contributed by atoms with Gasteiger partial charge in [-0.2, -0.15) is 0 Å². The number of aromatic carboxylic acids is 1. The number of aromatic nitrogens is 1. The summed E-state index contributed by atoms with van der Waals surface area (Å²) in [7, 11) is 1.63. The van der Waals surface area contributed by atoms with Crippen molar-refractivity contribution in [3.05, 3.63) is 52.0 Å². The molecule has 2 rings (SSSR count). The first-order valence-electron chi connectivity index (χ1n) is 5.55. The summed E-state index contributed by atoms with van der Waals surface area (Å²) in [6.07, 6.45) is 1.42. The van der Waals surface area contributed by atoms with Gasteiger partial charge in [0.05, 0.1) is 12.1 Å². The van der Waals surface area contributed by atoms with Crippen LogP contribution in [-0.2, 0) is 6.54 Å². The average Bonchev–Trinajstić information content (AvgIpc) is 2.90. The van der Waals surface area contributed by atoms with E-state index in [0.717, 1.165) is 4.88 Å². The molecule has 6 heteroatoms. The first-order chi connectivity index (χ1) is 9.09. The second-order valence-corrected chi connectivity index (χ2v) is 4.98. The summed E-state index contributed by atoms with van der Waals surface area (Å²) in [5.74, 6) is -1.55. The summed E-state index contributed by atoms with van der Waals surface area (Å²) in [4.78, 5) is 29.6. The van der Waals surface area contributed by atoms with Gasteiger partial charge in [0.1, 0.15) is 5.69 Å². The second kappa shape index (κ2) is 5.62. The highest BCUT2D eigenvalue weighted by molar-refractivity contribution is 7.09. The molecule has 0 spiro atoms. The minimum absolute atomic E-state index is 0.0333. The van der Waals surface area contributed by atoms with E-state index in [1.165, 1.54) is 23.2 Å². The van der Waals surface area contributed by atoms with Crippen LogP contribution in [0.25, 0.3) is 0 Å². The zero-order valence-electron chi connectivity index (χ0n) is 10.2. The molecule has 2 aromatic heterocycles. The van der Waals surface area contributed by atoms with E-state index >= 15 is 0 Å². The lowest BCUT2D eigenvalue weighted by Crippen LogP contribution is -2.28. The van der Waals surface area contributed by atoms with Gasteiger partial charge >= 0.3 is 5.97 Å². The molecule has 0 saturated heterocycles. The third-order valence-electron chi connectivity index (χ3n) is 2.56. The van der Waals surface area contributed by atoms with Gasteiger partial charge in [-0.15, -0.1) is 11.3 Å². The molecule has 5 nitrogen and oxygen atoms in total. The minimum Gasteiger partial charge on any atom is -0.478 e. The highest BCUT2D eigenvalue weighted by Crippen LogP contribution is 2.14. The Labute approximate surface area is 114 Å². The maximum absolute atomic E-state index is 12.2. The quantitative estimate of drug-likeness (QED) is 0.928. The van der Waals surface area contributed by atoms with Gasteiger partial charge in [-0.1, -0.05) is 6.07 Å². The van der Waals surface area contributed by atoms with E-state index in [-0.39, 0.29) is 11.3 Å². The van der Waals surface area contributed by atoms with Crippen LogP contribution in [0.15, 0.2) is 35.8 Å². The second-order valence-electron chi connectivity index (χ2n) is 3.95. The fourth-order valence-corrected chi connectivity index (χ4v) is 2.39. The molecule has 1 amide bonds. The van der Waals surface area contributed by atoms with Crippen LogP contribution in [0.3, 0.4) is 0 Å². The third-order valence-corrected chi connectivity index (χ3v) is 3.42. The topological polar surface area (TPSA) is 70.5 Å². The van der Waals surface area contributed by atoms with E-state index in [1.807, 2.05) is 17.5 Å². The minimum atomic E-state index is -1.15. The van der Waals surface area contributed by atoms with E-state index in [0.29, 0.717) is 6.54 Å². The van der Waals surface area contributed by atoms with Crippen molar-refractivity contribution in [2.75, 3.05) is 7.05 Å². The van der Waals surface area contributed by atoms with Crippen LogP contribution >= 0.6 is 11.3 Å². The van der Waals surface area contributed by atoms with Crippen molar-refractivity contribution < 1.29 is 14.7 Å². The lowest BCUT2D eigenvalue weighted by molar-refractivity contribution is 0.0678. The fraction of sp³-hybridized carbons (Fsp3) is 0.154. The number of pyridine rings is 1. The number of thiophene rings is 1. The fourth-order valence-electron chi connectivity index (χ4n) is 1.64. The Morgan fingerprint density at radius 1 is 1.37 bits per heavy atom. The molecule has 19 heavy (non-hydrogen) atoms. The van der Waals surface area contributed by atoms with Gasteiger partial charge in [0, 0.05) is 18.1 Å². The number of carbonyl (C=O) groups excluding carboxylic acids is 1. The Hall–Kier alpha value is -2.21. The van der Waals surface area contributed by atoms with Gasteiger partial charge in [-0.25, -0.2) is 4.79 Å². The van der Waals surface area contributed by atoms with Crippen molar-refractivity contribution >= 4 is 23.2 Å². The Balaban J connectivity index is 2.22. The number of hydrogen-bond donors (Lipinski definition) is 1. The van der Waals surface area contributed by atoms with E-state index in [9.17, 15) is 9.59 Å². The van der Waals surface area contributed by atoms with Gasteiger partial charge in [0.15, 0.2) is 0 Å². The first kappa shape index (κ1) is 13.2. The van der Waals surface area contributed by atoms with Crippen LogP contribution < -0.4 is 0 Å². The average molecular weight is 276 g/mol. The third kappa shape index (κ3) is 2.97. The predicted octanol–water partition coefficient (Wildman–Crippen LogP) is 2.11. The molecular formula is C13H12N2O3S. The van der Waals surface area contributed by atoms with Crippen LogP contribution in [0, 0.1) is 0 Å². The lowest BCUT2D eigenvalue weighted by Gasteiger charge is -2.16. The number of carboxylic acids is 1. The molecule has 0 aromatic carbocycles. The summed E-state index contributed by atoms with van der Waals surface area (Å²) in [6, 6.07) is 6.70. The summed E-state index contributed by atoms with van der Waals surface area (Å²) in [5.41, 5.74) is -0.111.